The fraction of sp³-hybridized carbons (Fsp3) is 0.364. The number of hydrogen-bond donors (Lipinski definition) is 0. The first-order valence-corrected chi connectivity index (χ1v) is 4.71. The molecule has 2 aromatic rings. The van der Waals surface area contributed by atoms with Crippen molar-refractivity contribution in [2.75, 3.05) is 0 Å². The number of aryl methyl sites for hydroxylation is 3. The predicted molar refractivity (Wildman–Crippen MR) is 54.2 cm³/mol. The van der Waals surface area contributed by atoms with Crippen molar-refractivity contribution in [3.63, 3.8) is 0 Å². The molecule has 0 spiro atoms. The second kappa shape index (κ2) is 3.33. The van der Waals surface area contributed by atoms with E-state index >= 15 is 0 Å². The van der Waals surface area contributed by atoms with Gasteiger partial charge in [-0.05, 0) is 39.0 Å². The minimum absolute atomic E-state index is 0.716. The summed E-state index contributed by atoms with van der Waals surface area (Å²) in [4.78, 5) is 0. The third kappa shape index (κ3) is 1.71. The van der Waals surface area contributed by atoms with Crippen LogP contribution in [0.25, 0.3) is 0 Å². The van der Waals surface area contributed by atoms with E-state index in [1.165, 1.54) is 0 Å². The first kappa shape index (κ1) is 9.06. The molecular formula is C11H14N2O. The third-order valence-corrected chi connectivity index (χ3v) is 2.20. The largest absolute Gasteiger partial charge is 0.464 e. The van der Waals surface area contributed by atoms with E-state index in [9.17, 15) is 0 Å². The summed E-state index contributed by atoms with van der Waals surface area (Å²) in [6.07, 6.45) is 0. The second-order valence-corrected chi connectivity index (χ2v) is 3.60. The molecule has 2 aromatic heterocycles. The second-order valence-electron chi connectivity index (χ2n) is 3.60. The molecule has 0 unspecified atom stereocenters. The van der Waals surface area contributed by atoms with E-state index in [0.29, 0.717) is 6.54 Å². The maximum Gasteiger partial charge on any atom is 0.125 e. The summed E-state index contributed by atoms with van der Waals surface area (Å²) in [5.41, 5.74) is 2.21. The van der Waals surface area contributed by atoms with Crippen LogP contribution in [0.15, 0.2) is 22.6 Å². The number of nitrogens with zero attached hydrogens (tertiary/aromatic N) is 2. The molecule has 0 radical (unpaired) electrons. The minimum atomic E-state index is 0.716. The van der Waals surface area contributed by atoms with E-state index in [1.807, 2.05) is 30.7 Å². The van der Waals surface area contributed by atoms with Crippen LogP contribution in [-0.4, -0.2) is 9.78 Å². The van der Waals surface area contributed by atoms with Crippen molar-refractivity contribution < 1.29 is 4.42 Å². The Balaban J connectivity index is 2.22. The topological polar surface area (TPSA) is 31.0 Å². The minimum Gasteiger partial charge on any atom is -0.464 e. The Hall–Kier alpha value is -1.51. The lowest BCUT2D eigenvalue weighted by Gasteiger charge is -2.00. The first-order valence-electron chi connectivity index (χ1n) is 4.71. The average molecular weight is 190 g/mol. The first-order chi connectivity index (χ1) is 6.65. The van der Waals surface area contributed by atoms with E-state index in [2.05, 4.69) is 18.1 Å². The van der Waals surface area contributed by atoms with Gasteiger partial charge in [0.05, 0.1) is 12.2 Å². The Morgan fingerprint density at radius 3 is 2.57 bits per heavy atom. The summed E-state index contributed by atoms with van der Waals surface area (Å²) < 4.78 is 7.44. The lowest BCUT2D eigenvalue weighted by Crippen LogP contribution is -2.02. The molecule has 0 bridgehead atoms. The molecule has 0 aliphatic rings. The normalized spacial score (nSPS) is 10.8. The maximum absolute atomic E-state index is 5.49. The monoisotopic (exact) mass is 190 g/mol. The summed E-state index contributed by atoms with van der Waals surface area (Å²) in [7, 11) is 0. The summed E-state index contributed by atoms with van der Waals surface area (Å²) in [5.74, 6) is 1.90. The molecule has 2 heterocycles. The Kier molecular flexibility index (Phi) is 2.15. The Bertz CT molecular complexity index is 440. The lowest BCUT2D eigenvalue weighted by atomic mass is 10.4. The molecule has 3 heteroatoms. The molecule has 0 aromatic carbocycles. The van der Waals surface area contributed by atoms with Crippen molar-refractivity contribution in [2.45, 2.75) is 27.3 Å². The predicted octanol–water partition coefficient (Wildman–Crippen LogP) is 2.45. The van der Waals surface area contributed by atoms with Crippen molar-refractivity contribution in [3.8, 4) is 0 Å². The number of furan rings is 1. The molecule has 0 saturated carbocycles. The van der Waals surface area contributed by atoms with Crippen LogP contribution in [0.1, 0.15) is 22.9 Å². The Labute approximate surface area is 83.3 Å². The van der Waals surface area contributed by atoms with E-state index in [-0.39, 0.29) is 0 Å². The van der Waals surface area contributed by atoms with Crippen molar-refractivity contribution in [2.24, 2.45) is 0 Å². The van der Waals surface area contributed by atoms with Crippen LogP contribution in [0.3, 0.4) is 0 Å². The molecule has 2 rings (SSSR count). The van der Waals surface area contributed by atoms with Crippen LogP contribution < -0.4 is 0 Å². The summed E-state index contributed by atoms with van der Waals surface area (Å²) in [6.45, 7) is 6.71. The number of rotatable bonds is 2. The van der Waals surface area contributed by atoms with Crippen LogP contribution in [0.2, 0.25) is 0 Å². The van der Waals surface area contributed by atoms with Crippen LogP contribution in [0.4, 0.5) is 0 Å². The standard InChI is InChI=1S/C11H14N2O/c1-8-6-9(2)13(12-8)7-11-5-4-10(3)14-11/h4-6H,7H2,1-3H3. The van der Waals surface area contributed by atoms with Gasteiger partial charge >= 0.3 is 0 Å². The van der Waals surface area contributed by atoms with E-state index in [1.54, 1.807) is 0 Å². The SMILES string of the molecule is Cc1cc(C)n(Cc2ccc(C)o2)n1. The van der Waals surface area contributed by atoms with Crippen molar-refractivity contribution >= 4 is 0 Å². The molecule has 74 valence electrons. The fourth-order valence-corrected chi connectivity index (χ4v) is 1.55. The van der Waals surface area contributed by atoms with E-state index in [4.69, 9.17) is 4.42 Å². The smallest absolute Gasteiger partial charge is 0.125 e. The molecule has 0 fully saturated rings. The Morgan fingerprint density at radius 2 is 2.07 bits per heavy atom. The van der Waals surface area contributed by atoms with Crippen molar-refractivity contribution in [1.82, 2.24) is 9.78 Å². The quantitative estimate of drug-likeness (QED) is 0.728. The summed E-state index contributed by atoms with van der Waals surface area (Å²) in [5, 5.41) is 4.37. The van der Waals surface area contributed by atoms with Crippen LogP contribution in [-0.2, 0) is 6.54 Å². The van der Waals surface area contributed by atoms with Gasteiger partial charge in [-0.1, -0.05) is 0 Å². The molecule has 0 saturated heterocycles. The highest BCUT2D eigenvalue weighted by Gasteiger charge is 2.04. The van der Waals surface area contributed by atoms with Crippen LogP contribution >= 0.6 is 0 Å². The van der Waals surface area contributed by atoms with Gasteiger partial charge in [-0.15, -0.1) is 0 Å². The van der Waals surface area contributed by atoms with E-state index in [0.717, 1.165) is 22.9 Å². The van der Waals surface area contributed by atoms with Crippen LogP contribution in [0, 0.1) is 20.8 Å². The number of aromatic nitrogens is 2. The highest BCUT2D eigenvalue weighted by molar-refractivity contribution is 5.10. The zero-order valence-electron chi connectivity index (χ0n) is 8.74. The van der Waals surface area contributed by atoms with Gasteiger partial charge in [-0.25, -0.2) is 0 Å². The zero-order valence-corrected chi connectivity index (χ0v) is 8.74. The number of hydrogen-bond acceptors (Lipinski definition) is 2. The molecule has 0 atom stereocenters. The molecule has 0 aliphatic carbocycles. The van der Waals surface area contributed by atoms with Crippen LogP contribution in [0.5, 0.6) is 0 Å². The molecular weight excluding hydrogens is 176 g/mol. The van der Waals surface area contributed by atoms with Gasteiger partial charge in [-0.2, -0.15) is 5.10 Å². The summed E-state index contributed by atoms with van der Waals surface area (Å²) in [6, 6.07) is 6.03. The van der Waals surface area contributed by atoms with Gasteiger partial charge in [0.25, 0.3) is 0 Å². The van der Waals surface area contributed by atoms with Gasteiger partial charge in [0.1, 0.15) is 11.5 Å². The molecule has 3 nitrogen and oxygen atoms in total. The van der Waals surface area contributed by atoms with Gasteiger partial charge < -0.3 is 4.42 Å². The van der Waals surface area contributed by atoms with Gasteiger partial charge in [-0.3, -0.25) is 4.68 Å². The Morgan fingerprint density at radius 1 is 1.29 bits per heavy atom. The van der Waals surface area contributed by atoms with Gasteiger partial charge in [0.15, 0.2) is 0 Å². The lowest BCUT2D eigenvalue weighted by molar-refractivity contribution is 0.456. The average Bonchev–Trinajstić information content (AvgIpc) is 2.61. The molecule has 0 aliphatic heterocycles. The molecule has 0 N–H and O–H groups in total. The highest BCUT2D eigenvalue weighted by atomic mass is 16.3. The van der Waals surface area contributed by atoms with Gasteiger partial charge in [0, 0.05) is 5.69 Å². The molecule has 14 heavy (non-hydrogen) atoms. The third-order valence-electron chi connectivity index (χ3n) is 2.20. The zero-order chi connectivity index (χ0) is 10.1. The summed E-state index contributed by atoms with van der Waals surface area (Å²) >= 11 is 0. The fourth-order valence-electron chi connectivity index (χ4n) is 1.55. The van der Waals surface area contributed by atoms with Crippen molar-refractivity contribution in [1.29, 1.82) is 0 Å². The van der Waals surface area contributed by atoms with Crippen molar-refractivity contribution in [3.05, 3.63) is 41.1 Å². The molecule has 0 amide bonds. The van der Waals surface area contributed by atoms with E-state index < -0.39 is 0 Å². The maximum atomic E-state index is 5.49. The van der Waals surface area contributed by atoms with Gasteiger partial charge in [0.2, 0.25) is 0 Å². The highest BCUT2D eigenvalue weighted by Crippen LogP contribution is 2.10.